The molecule has 1 aliphatic heterocycles. The van der Waals surface area contributed by atoms with Gasteiger partial charge in [-0.05, 0) is 45.6 Å². The van der Waals surface area contributed by atoms with Crippen LogP contribution < -0.4 is 11.2 Å². The van der Waals surface area contributed by atoms with Gasteiger partial charge in [-0.15, -0.1) is 12.4 Å². The second-order valence-electron chi connectivity index (χ2n) is 6.04. The summed E-state index contributed by atoms with van der Waals surface area (Å²) in [7, 11) is -0.294. The van der Waals surface area contributed by atoms with Crippen molar-refractivity contribution in [3.8, 4) is 0 Å². The summed E-state index contributed by atoms with van der Waals surface area (Å²) in [5.74, 6) is 0. The number of hydrogen-bond acceptors (Lipinski definition) is 3. The van der Waals surface area contributed by atoms with E-state index in [9.17, 15) is 0 Å². The molecule has 1 fully saturated rings. The maximum atomic E-state index is 6.00. The maximum Gasteiger partial charge on any atom is 0.494 e. The molecule has 1 aromatic rings. The average molecular weight is 284 g/mol. The second kappa shape index (κ2) is 5.45. The molecule has 0 bridgehead atoms. The van der Waals surface area contributed by atoms with Crippen molar-refractivity contribution in [2.24, 2.45) is 5.73 Å². The van der Waals surface area contributed by atoms with E-state index in [-0.39, 0.29) is 36.8 Å². The fourth-order valence-corrected chi connectivity index (χ4v) is 1.94. The Kier molecular flexibility index (Phi) is 4.73. The molecule has 5 heteroatoms. The van der Waals surface area contributed by atoms with E-state index in [1.807, 2.05) is 31.2 Å². The molecule has 0 radical (unpaired) electrons. The van der Waals surface area contributed by atoms with Crippen LogP contribution in [0, 0.1) is 0 Å². The van der Waals surface area contributed by atoms with E-state index in [1.54, 1.807) is 0 Å². The van der Waals surface area contributed by atoms with E-state index in [0.717, 1.165) is 11.0 Å². The second-order valence-corrected chi connectivity index (χ2v) is 6.04. The van der Waals surface area contributed by atoms with Crippen LogP contribution in [0.2, 0.25) is 0 Å². The highest BCUT2D eigenvalue weighted by Gasteiger charge is 2.51. The Morgan fingerprint density at radius 2 is 1.42 bits per heavy atom. The van der Waals surface area contributed by atoms with E-state index >= 15 is 0 Å². The van der Waals surface area contributed by atoms with Gasteiger partial charge in [0.2, 0.25) is 0 Å². The zero-order chi connectivity index (χ0) is 13.6. The molecule has 2 N–H and O–H groups in total. The van der Waals surface area contributed by atoms with Crippen molar-refractivity contribution in [3.63, 3.8) is 0 Å². The predicted molar refractivity (Wildman–Crippen MR) is 82.0 cm³/mol. The summed E-state index contributed by atoms with van der Waals surface area (Å²) in [6, 6.07) is 8.18. The monoisotopic (exact) mass is 283 g/mol. The van der Waals surface area contributed by atoms with Gasteiger partial charge in [0.1, 0.15) is 0 Å². The SMILES string of the molecule is CC(N)c1ccc(B2OC(C)(C)C(C)(C)O2)cc1.Cl. The topological polar surface area (TPSA) is 44.5 Å². The van der Waals surface area contributed by atoms with Gasteiger partial charge < -0.3 is 15.0 Å². The summed E-state index contributed by atoms with van der Waals surface area (Å²) in [5.41, 5.74) is 7.41. The van der Waals surface area contributed by atoms with Gasteiger partial charge in [-0.1, -0.05) is 24.3 Å². The van der Waals surface area contributed by atoms with Crippen LogP contribution in [0.25, 0.3) is 0 Å². The molecule has 0 aromatic heterocycles. The minimum atomic E-state index is -0.294. The molecule has 106 valence electrons. The van der Waals surface area contributed by atoms with Gasteiger partial charge in [0, 0.05) is 6.04 Å². The summed E-state index contributed by atoms with van der Waals surface area (Å²) >= 11 is 0. The van der Waals surface area contributed by atoms with Gasteiger partial charge >= 0.3 is 7.12 Å². The summed E-state index contributed by atoms with van der Waals surface area (Å²) in [6.07, 6.45) is 0. The highest BCUT2D eigenvalue weighted by atomic mass is 35.5. The van der Waals surface area contributed by atoms with Crippen molar-refractivity contribution in [3.05, 3.63) is 29.8 Å². The maximum absolute atomic E-state index is 6.00. The molecule has 0 amide bonds. The third-order valence-corrected chi connectivity index (χ3v) is 3.99. The highest BCUT2D eigenvalue weighted by Crippen LogP contribution is 2.36. The van der Waals surface area contributed by atoms with Crippen LogP contribution in [0.4, 0.5) is 0 Å². The van der Waals surface area contributed by atoms with E-state index < -0.39 is 0 Å². The van der Waals surface area contributed by atoms with Gasteiger partial charge in [-0.25, -0.2) is 0 Å². The van der Waals surface area contributed by atoms with Crippen LogP contribution in [0.5, 0.6) is 0 Å². The molecule has 1 aliphatic rings. The van der Waals surface area contributed by atoms with Crippen molar-refractivity contribution in [1.29, 1.82) is 0 Å². The molecule has 0 aliphatic carbocycles. The first-order chi connectivity index (χ1) is 8.23. The van der Waals surface area contributed by atoms with E-state index in [0.29, 0.717) is 0 Å². The van der Waals surface area contributed by atoms with Gasteiger partial charge in [0.05, 0.1) is 11.2 Å². The molecule has 0 saturated carbocycles. The van der Waals surface area contributed by atoms with Gasteiger partial charge in [0.15, 0.2) is 0 Å². The standard InChI is InChI=1S/C14H22BNO2.ClH/c1-10(16)11-6-8-12(9-7-11)15-17-13(2,3)14(4,5)18-15;/h6-10H,16H2,1-5H3;1H. The summed E-state index contributed by atoms with van der Waals surface area (Å²) in [4.78, 5) is 0. The Labute approximate surface area is 122 Å². The van der Waals surface area contributed by atoms with Crippen LogP contribution in [0.15, 0.2) is 24.3 Å². The Bertz CT molecular complexity index is 416. The first-order valence-corrected chi connectivity index (χ1v) is 6.44. The van der Waals surface area contributed by atoms with Crippen molar-refractivity contribution in [2.75, 3.05) is 0 Å². The smallest absolute Gasteiger partial charge is 0.399 e. The first kappa shape index (κ1) is 16.5. The van der Waals surface area contributed by atoms with Crippen molar-refractivity contribution < 1.29 is 9.31 Å². The average Bonchev–Trinajstić information content (AvgIpc) is 2.48. The van der Waals surface area contributed by atoms with Crippen LogP contribution in [-0.4, -0.2) is 18.3 Å². The van der Waals surface area contributed by atoms with Crippen LogP contribution in [0.3, 0.4) is 0 Å². The molecule has 0 spiro atoms. The zero-order valence-electron chi connectivity index (χ0n) is 12.3. The molecule has 1 atom stereocenters. The number of halogens is 1. The molecule has 19 heavy (non-hydrogen) atoms. The minimum absolute atomic E-state index is 0. The Morgan fingerprint density at radius 1 is 1.00 bits per heavy atom. The highest BCUT2D eigenvalue weighted by molar-refractivity contribution is 6.62. The molecular weight excluding hydrogens is 260 g/mol. The lowest BCUT2D eigenvalue weighted by Crippen LogP contribution is -2.41. The summed E-state index contributed by atoms with van der Waals surface area (Å²) in [6.45, 7) is 10.2. The third kappa shape index (κ3) is 3.14. The van der Waals surface area contributed by atoms with Crippen LogP contribution in [-0.2, 0) is 9.31 Å². The minimum Gasteiger partial charge on any atom is -0.399 e. The molecule has 1 heterocycles. The number of rotatable bonds is 2. The summed E-state index contributed by atoms with van der Waals surface area (Å²) < 4.78 is 12.0. The third-order valence-electron chi connectivity index (χ3n) is 3.99. The van der Waals surface area contributed by atoms with Crippen molar-refractivity contribution in [2.45, 2.75) is 51.9 Å². The van der Waals surface area contributed by atoms with E-state index in [1.165, 1.54) is 0 Å². The van der Waals surface area contributed by atoms with Crippen molar-refractivity contribution in [1.82, 2.24) is 0 Å². The fraction of sp³-hybridized carbons (Fsp3) is 0.571. The Hall–Kier alpha value is -0.545. The van der Waals surface area contributed by atoms with Crippen LogP contribution in [0.1, 0.15) is 46.2 Å². The quantitative estimate of drug-likeness (QED) is 0.848. The predicted octanol–water partition coefficient (Wildman–Crippen LogP) is 2.43. The molecule has 1 unspecified atom stereocenters. The lowest BCUT2D eigenvalue weighted by atomic mass is 9.78. The molecule has 2 rings (SSSR count). The molecule has 3 nitrogen and oxygen atoms in total. The Morgan fingerprint density at radius 3 is 1.79 bits per heavy atom. The van der Waals surface area contributed by atoms with Crippen molar-refractivity contribution >= 4 is 25.0 Å². The zero-order valence-corrected chi connectivity index (χ0v) is 13.1. The van der Waals surface area contributed by atoms with E-state index in [2.05, 4.69) is 27.7 Å². The summed E-state index contributed by atoms with van der Waals surface area (Å²) in [5, 5.41) is 0. The Balaban J connectivity index is 0.00000180. The van der Waals surface area contributed by atoms with Gasteiger partial charge in [-0.2, -0.15) is 0 Å². The largest absolute Gasteiger partial charge is 0.494 e. The molecular formula is C14H23BClNO2. The molecule has 1 saturated heterocycles. The number of hydrogen-bond donors (Lipinski definition) is 1. The van der Waals surface area contributed by atoms with Crippen LogP contribution >= 0.6 is 12.4 Å². The van der Waals surface area contributed by atoms with Gasteiger partial charge in [-0.3, -0.25) is 0 Å². The lowest BCUT2D eigenvalue weighted by molar-refractivity contribution is 0.00578. The number of nitrogens with two attached hydrogens (primary N) is 1. The van der Waals surface area contributed by atoms with Gasteiger partial charge in [0.25, 0.3) is 0 Å². The van der Waals surface area contributed by atoms with E-state index in [4.69, 9.17) is 15.0 Å². The number of benzene rings is 1. The fourth-order valence-electron chi connectivity index (χ4n) is 1.94. The molecule has 1 aromatic carbocycles. The normalized spacial score (nSPS) is 21.9. The lowest BCUT2D eigenvalue weighted by Gasteiger charge is -2.32. The first-order valence-electron chi connectivity index (χ1n) is 6.44.